The zero-order valence-electron chi connectivity index (χ0n) is 36.3. The Bertz CT molecular complexity index is 2480. The van der Waals surface area contributed by atoms with Crippen LogP contribution in [0.15, 0.2) is 97.6 Å². The molecular formula is C47H55Cl2N11O4. The van der Waals surface area contributed by atoms with E-state index >= 15 is 0 Å². The molecule has 2 aromatic carbocycles. The molecular weight excluding hydrogens is 853 g/mol. The van der Waals surface area contributed by atoms with Crippen molar-refractivity contribution in [2.24, 2.45) is 0 Å². The van der Waals surface area contributed by atoms with E-state index in [2.05, 4.69) is 89.3 Å². The summed E-state index contributed by atoms with van der Waals surface area (Å²) in [5.41, 5.74) is 5.43. The van der Waals surface area contributed by atoms with Gasteiger partial charge in [-0.3, -0.25) is 24.5 Å². The van der Waals surface area contributed by atoms with Crippen molar-refractivity contribution in [2.45, 2.75) is 30.6 Å². The van der Waals surface area contributed by atoms with Crippen molar-refractivity contribution in [3.05, 3.63) is 115 Å². The highest BCUT2D eigenvalue weighted by molar-refractivity contribution is 6.63. The number of halogens is 2. The van der Waals surface area contributed by atoms with Crippen molar-refractivity contribution in [1.82, 2.24) is 40.1 Å². The van der Waals surface area contributed by atoms with Crippen LogP contribution in [0.3, 0.4) is 0 Å². The summed E-state index contributed by atoms with van der Waals surface area (Å²) in [6.45, 7) is 9.37. The van der Waals surface area contributed by atoms with Crippen molar-refractivity contribution in [2.75, 3.05) is 108 Å². The largest absolute Gasteiger partial charge is 0.376 e. The van der Waals surface area contributed by atoms with Crippen LogP contribution in [-0.4, -0.2) is 139 Å². The Balaban J connectivity index is 0.000000169. The molecule has 15 nitrogen and oxygen atoms in total. The third-order valence-electron chi connectivity index (χ3n) is 12.0. The second-order valence-electron chi connectivity index (χ2n) is 16.1. The lowest BCUT2D eigenvalue weighted by Crippen LogP contribution is -2.48. The highest BCUT2D eigenvalue weighted by Crippen LogP contribution is 2.37. The van der Waals surface area contributed by atoms with Crippen molar-refractivity contribution in [3.63, 3.8) is 0 Å². The molecule has 4 fully saturated rings. The molecule has 8 heterocycles. The average molecular weight is 909 g/mol. The number of rotatable bonds is 10. The van der Waals surface area contributed by atoms with Crippen molar-refractivity contribution < 1.29 is 19.1 Å². The number of hydrogen-bond donors (Lipinski definition) is 1. The number of hydrogen-bond acceptors (Lipinski definition) is 14. The van der Waals surface area contributed by atoms with Gasteiger partial charge in [0.15, 0.2) is 5.82 Å². The lowest BCUT2D eigenvalue weighted by atomic mass is 9.86. The molecule has 1 N–H and O–H groups in total. The highest BCUT2D eigenvalue weighted by atomic mass is 35.5. The number of carbonyl (C=O) groups is 2. The molecule has 0 radical (unpaired) electrons. The topological polar surface area (TPSA) is 155 Å². The van der Waals surface area contributed by atoms with Gasteiger partial charge >= 0.3 is 0 Å². The van der Waals surface area contributed by atoms with Crippen LogP contribution in [0.2, 0.25) is 0 Å². The summed E-state index contributed by atoms with van der Waals surface area (Å²) in [4.78, 5) is 59.1. The minimum Gasteiger partial charge on any atom is -0.376 e. The molecule has 10 rings (SSSR count). The van der Waals surface area contributed by atoms with E-state index in [1.54, 1.807) is 19.5 Å². The van der Waals surface area contributed by atoms with Crippen LogP contribution >= 0.6 is 24.0 Å². The van der Waals surface area contributed by atoms with E-state index < -0.39 is 5.24 Å². The zero-order valence-corrected chi connectivity index (χ0v) is 37.8. The maximum atomic E-state index is 12.1. The molecule has 0 saturated carbocycles. The zero-order chi connectivity index (χ0) is 43.5. The number of nitrogens with zero attached hydrogens (tertiary/aromatic N) is 10. The number of aromatic nitrogens is 6. The second-order valence-corrected chi connectivity index (χ2v) is 16.6. The molecule has 4 aromatic heterocycles. The smallest absolute Gasteiger partial charge is 0.248 e. The summed E-state index contributed by atoms with van der Waals surface area (Å²) < 4.78 is 9.31. The van der Waals surface area contributed by atoms with Gasteiger partial charge in [0, 0.05) is 133 Å². The Morgan fingerprint density at radius 1 is 0.609 bits per heavy atom. The quantitative estimate of drug-likeness (QED) is 0.164. The Kier molecular flexibility index (Phi) is 16.2. The van der Waals surface area contributed by atoms with E-state index in [4.69, 9.17) is 36.3 Å². The van der Waals surface area contributed by atoms with Gasteiger partial charge in [0.2, 0.25) is 11.1 Å². The third-order valence-corrected chi connectivity index (χ3v) is 12.1. The van der Waals surface area contributed by atoms with Gasteiger partial charge in [0.25, 0.3) is 0 Å². The SMILES string of the molecule is COCC(=O)Cl.COCC(=O)N1CCC(c2nccnc2C2CN(c3ccc4ccccc4n3)C2)CC1.Cl.c1ccc2nc(N3CC(c4nccnc4N4CCNCC4)C3)ccc2c1. The van der Waals surface area contributed by atoms with Gasteiger partial charge in [-0.25, -0.2) is 15.0 Å². The summed E-state index contributed by atoms with van der Waals surface area (Å²) in [5.74, 6) is 4.33. The Morgan fingerprint density at radius 2 is 1.09 bits per heavy atom. The first-order chi connectivity index (χ1) is 30.9. The van der Waals surface area contributed by atoms with E-state index in [1.165, 1.54) is 12.5 Å². The third kappa shape index (κ3) is 11.2. The number of ether oxygens (including phenoxy) is 2. The number of amides is 1. The van der Waals surface area contributed by atoms with Crippen LogP contribution in [-0.2, 0) is 19.1 Å². The second kappa shape index (κ2) is 22.4. The molecule has 64 heavy (non-hydrogen) atoms. The number of piperazine rings is 1. The first-order valence-electron chi connectivity index (χ1n) is 21.6. The molecule has 0 spiro atoms. The van der Waals surface area contributed by atoms with Crippen molar-refractivity contribution in [1.29, 1.82) is 0 Å². The number of fused-ring (bicyclic) bond motifs is 2. The maximum absolute atomic E-state index is 12.1. The number of para-hydroxylation sites is 2. The van der Waals surface area contributed by atoms with E-state index in [9.17, 15) is 9.59 Å². The highest BCUT2D eigenvalue weighted by Gasteiger charge is 2.36. The van der Waals surface area contributed by atoms with Gasteiger partial charge in [-0.05, 0) is 60.8 Å². The molecule has 4 saturated heterocycles. The monoisotopic (exact) mass is 907 g/mol. The van der Waals surface area contributed by atoms with E-state index in [1.807, 2.05) is 35.5 Å². The number of methoxy groups -OCH3 is 2. The summed E-state index contributed by atoms with van der Waals surface area (Å²) >= 11 is 4.81. The molecule has 0 aliphatic carbocycles. The summed E-state index contributed by atoms with van der Waals surface area (Å²) in [6, 6.07) is 25.0. The van der Waals surface area contributed by atoms with E-state index in [-0.39, 0.29) is 31.5 Å². The normalized spacial score (nSPS) is 16.7. The van der Waals surface area contributed by atoms with Crippen LogP contribution < -0.4 is 20.0 Å². The molecule has 0 atom stereocenters. The number of carbonyl (C=O) groups excluding carboxylic acids is 2. The molecule has 1 amide bonds. The van der Waals surface area contributed by atoms with Gasteiger partial charge in [-0.1, -0.05) is 36.4 Å². The summed E-state index contributed by atoms with van der Waals surface area (Å²) in [6.07, 6.45) is 9.06. The Morgan fingerprint density at radius 3 is 1.61 bits per heavy atom. The van der Waals surface area contributed by atoms with E-state index in [0.29, 0.717) is 17.8 Å². The molecule has 6 aromatic rings. The Hall–Kier alpha value is -5.58. The predicted octanol–water partition coefficient (Wildman–Crippen LogP) is 5.84. The number of benzene rings is 2. The molecule has 17 heteroatoms. The Labute approximate surface area is 385 Å². The standard InChI is InChI=1S/C24H27N5O2.C20H22N6.C3H5ClO2.ClH/c1-31-16-22(30)28-12-8-18(9-13-28)23-24(26-11-10-25-23)19-14-29(15-19)21-7-6-17-4-2-3-5-20(17)27-21;1-2-4-17-15(3-1)5-6-18(24-17)26-13-16(14-26)19-20(23-8-7-22-19)25-11-9-21-10-12-25;1-6-2-3(4)5;/h2-7,10-11,18-19H,8-9,12-16H2,1H3;1-8,16,21H,9-14H2;2H2,1H3;1H. The van der Waals surface area contributed by atoms with Gasteiger partial charge < -0.3 is 34.4 Å². The molecule has 0 unspecified atom stereocenters. The van der Waals surface area contributed by atoms with Crippen molar-refractivity contribution in [3.8, 4) is 0 Å². The number of piperidine rings is 1. The van der Waals surface area contributed by atoms with Gasteiger partial charge in [-0.2, -0.15) is 0 Å². The lowest BCUT2D eigenvalue weighted by molar-refractivity contribution is -0.136. The first kappa shape index (κ1) is 46.4. The number of likely N-dealkylation sites (tertiary alicyclic amines) is 1. The molecule has 4 aliphatic heterocycles. The number of nitrogens with one attached hydrogen (secondary N) is 1. The average Bonchev–Trinajstić information content (AvgIpc) is 3.29. The maximum Gasteiger partial charge on any atom is 0.248 e. The van der Waals surface area contributed by atoms with Crippen molar-refractivity contribution >= 4 is 74.4 Å². The fourth-order valence-electron chi connectivity index (χ4n) is 8.61. The predicted molar refractivity (Wildman–Crippen MR) is 253 cm³/mol. The first-order valence-corrected chi connectivity index (χ1v) is 22.0. The lowest BCUT2D eigenvalue weighted by Gasteiger charge is -2.41. The van der Waals surface area contributed by atoms with Crippen LogP contribution in [0.1, 0.15) is 47.7 Å². The fraction of sp³-hybridized carbons (Fsp3) is 0.404. The fourth-order valence-corrected chi connectivity index (χ4v) is 8.72. The van der Waals surface area contributed by atoms with Crippen LogP contribution in [0, 0.1) is 0 Å². The number of pyridine rings is 2. The number of anilines is 3. The minimum atomic E-state index is -0.461. The van der Waals surface area contributed by atoms with Crippen LogP contribution in [0.5, 0.6) is 0 Å². The van der Waals surface area contributed by atoms with Gasteiger partial charge in [-0.15, -0.1) is 12.4 Å². The van der Waals surface area contributed by atoms with Crippen LogP contribution in [0.25, 0.3) is 21.8 Å². The summed E-state index contributed by atoms with van der Waals surface area (Å²) in [7, 11) is 2.98. The molecule has 336 valence electrons. The molecule has 0 bridgehead atoms. The van der Waals surface area contributed by atoms with Gasteiger partial charge in [0.1, 0.15) is 24.8 Å². The van der Waals surface area contributed by atoms with Crippen LogP contribution in [0.4, 0.5) is 17.5 Å². The minimum absolute atomic E-state index is 0. The van der Waals surface area contributed by atoms with Gasteiger partial charge in [0.05, 0.1) is 28.1 Å². The summed E-state index contributed by atoms with van der Waals surface area (Å²) in [5, 5.41) is 5.28. The van der Waals surface area contributed by atoms with E-state index in [0.717, 1.165) is 129 Å². The molecule has 4 aliphatic rings.